The molecule has 0 spiro atoms. The van der Waals surface area contributed by atoms with Crippen molar-refractivity contribution in [3.8, 4) is 11.5 Å². The maximum absolute atomic E-state index is 12.7. The van der Waals surface area contributed by atoms with Crippen LogP contribution >= 0.6 is 11.3 Å². The Morgan fingerprint density at radius 3 is 2.69 bits per heavy atom. The van der Waals surface area contributed by atoms with Crippen LogP contribution in [0.1, 0.15) is 21.6 Å². The van der Waals surface area contributed by atoms with Crippen molar-refractivity contribution in [3.05, 3.63) is 57.0 Å². The van der Waals surface area contributed by atoms with E-state index < -0.39 is 0 Å². The summed E-state index contributed by atoms with van der Waals surface area (Å²) in [4.78, 5) is 31.7. The number of benzene rings is 1. The lowest BCUT2D eigenvalue weighted by Gasteiger charge is -2.18. The zero-order valence-electron chi connectivity index (χ0n) is 15.0. The molecule has 0 aliphatic rings. The highest BCUT2D eigenvalue weighted by Crippen LogP contribution is 2.28. The van der Waals surface area contributed by atoms with Gasteiger partial charge in [-0.15, -0.1) is 11.3 Å². The van der Waals surface area contributed by atoms with Crippen molar-refractivity contribution < 1.29 is 14.3 Å². The highest BCUT2D eigenvalue weighted by atomic mass is 32.1. The van der Waals surface area contributed by atoms with Crippen LogP contribution in [0.2, 0.25) is 0 Å². The van der Waals surface area contributed by atoms with Gasteiger partial charge in [-0.25, -0.2) is 4.98 Å². The van der Waals surface area contributed by atoms with Crippen LogP contribution < -0.4 is 15.0 Å². The number of nitrogens with zero attached hydrogens (tertiary/aromatic N) is 3. The number of aryl methyl sites for hydroxylation is 1. The summed E-state index contributed by atoms with van der Waals surface area (Å²) in [5.41, 5.74) is 1.32. The Bertz CT molecular complexity index is 1020. The lowest BCUT2D eigenvalue weighted by atomic mass is 10.1. The fraction of sp³-hybridized carbons (Fsp3) is 0.278. The van der Waals surface area contributed by atoms with Gasteiger partial charge < -0.3 is 14.4 Å². The van der Waals surface area contributed by atoms with E-state index in [-0.39, 0.29) is 17.0 Å². The van der Waals surface area contributed by atoms with Gasteiger partial charge in [0, 0.05) is 30.9 Å². The summed E-state index contributed by atoms with van der Waals surface area (Å²) in [7, 11) is 4.77. The normalized spacial score (nSPS) is 10.8. The molecule has 3 rings (SSSR count). The Morgan fingerprint density at radius 2 is 2.00 bits per heavy atom. The Hall–Kier alpha value is -2.87. The minimum atomic E-state index is -0.378. The Labute approximate surface area is 154 Å². The standard InChI is InChI=1S/C18H19N3O4S/c1-11-10-26-18-19-8-13(17(23)21(11)18)16(22)20(2)9-12-5-6-14(24-3)15(7-12)25-4/h5-8,10H,9H2,1-4H3. The number of carbonyl (C=O) groups excluding carboxylic acids is 1. The number of thiazole rings is 1. The molecule has 2 heterocycles. The summed E-state index contributed by atoms with van der Waals surface area (Å²) in [6.07, 6.45) is 1.35. The molecule has 3 aromatic rings. The molecule has 0 bridgehead atoms. The van der Waals surface area contributed by atoms with Crippen molar-refractivity contribution in [1.82, 2.24) is 14.3 Å². The average Bonchev–Trinajstić information content (AvgIpc) is 3.03. The number of methoxy groups -OCH3 is 2. The van der Waals surface area contributed by atoms with E-state index in [4.69, 9.17) is 9.47 Å². The smallest absolute Gasteiger partial charge is 0.271 e. The average molecular weight is 373 g/mol. The van der Waals surface area contributed by atoms with E-state index >= 15 is 0 Å². The van der Waals surface area contributed by atoms with E-state index in [1.54, 1.807) is 33.4 Å². The van der Waals surface area contributed by atoms with Crippen molar-refractivity contribution in [2.45, 2.75) is 13.5 Å². The predicted octanol–water partition coefficient (Wildman–Crippen LogP) is 2.35. The highest BCUT2D eigenvalue weighted by Gasteiger charge is 2.19. The minimum absolute atomic E-state index is 0.0481. The van der Waals surface area contributed by atoms with Crippen molar-refractivity contribution in [3.63, 3.8) is 0 Å². The van der Waals surface area contributed by atoms with Gasteiger partial charge in [-0.2, -0.15) is 0 Å². The molecule has 26 heavy (non-hydrogen) atoms. The van der Waals surface area contributed by atoms with Crippen LogP contribution in [0.4, 0.5) is 0 Å². The molecule has 0 atom stereocenters. The maximum Gasteiger partial charge on any atom is 0.271 e. The summed E-state index contributed by atoms with van der Waals surface area (Å²) in [6.45, 7) is 2.14. The second-order valence-corrected chi connectivity index (χ2v) is 6.66. The number of aromatic nitrogens is 2. The molecule has 0 aliphatic heterocycles. The van der Waals surface area contributed by atoms with E-state index in [0.717, 1.165) is 11.3 Å². The fourth-order valence-electron chi connectivity index (χ4n) is 2.70. The van der Waals surface area contributed by atoms with Gasteiger partial charge in [0.2, 0.25) is 0 Å². The zero-order chi connectivity index (χ0) is 18.8. The summed E-state index contributed by atoms with van der Waals surface area (Å²) in [6, 6.07) is 5.44. The lowest BCUT2D eigenvalue weighted by Crippen LogP contribution is -2.33. The molecule has 0 aliphatic carbocycles. The summed E-state index contributed by atoms with van der Waals surface area (Å²) in [5, 5.41) is 1.84. The van der Waals surface area contributed by atoms with Crippen LogP contribution in [0.3, 0.4) is 0 Å². The van der Waals surface area contributed by atoms with E-state index in [1.165, 1.54) is 26.8 Å². The summed E-state index contributed by atoms with van der Waals surface area (Å²) in [5.74, 6) is 0.825. The van der Waals surface area contributed by atoms with Crippen LogP contribution in [0.5, 0.6) is 11.5 Å². The largest absolute Gasteiger partial charge is 0.493 e. The minimum Gasteiger partial charge on any atom is -0.493 e. The molecular formula is C18H19N3O4S. The number of fused-ring (bicyclic) bond motifs is 1. The second-order valence-electron chi connectivity index (χ2n) is 5.82. The highest BCUT2D eigenvalue weighted by molar-refractivity contribution is 7.15. The molecular weight excluding hydrogens is 354 g/mol. The summed E-state index contributed by atoms with van der Waals surface area (Å²) < 4.78 is 12.0. The molecule has 1 aromatic carbocycles. The van der Waals surface area contributed by atoms with Crippen molar-refractivity contribution in [1.29, 1.82) is 0 Å². The third-order valence-corrected chi connectivity index (χ3v) is 5.02. The molecule has 0 unspecified atom stereocenters. The van der Waals surface area contributed by atoms with Crippen molar-refractivity contribution in [2.75, 3.05) is 21.3 Å². The first-order chi connectivity index (χ1) is 12.5. The first-order valence-electron chi connectivity index (χ1n) is 7.88. The van der Waals surface area contributed by atoms with Crippen LogP contribution in [0, 0.1) is 6.92 Å². The molecule has 0 N–H and O–H groups in total. The van der Waals surface area contributed by atoms with Crippen LogP contribution in [-0.2, 0) is 6.54 Å². The fourth-order valence-corrected chi connectivity index (χ4v) is 3.53. The maximum atomic E-state index is 12.7. The Kier molecular flexibility index (Phi) is 4.94. The zero-order valence-corrected chi connectivity index (χ0v) is 15.8. The molecule has 0 fully saturated rings. The monoisotopic (exact) mass is 373 g/mol. The molecule has 136 valence electrons. The molecule has 0 radical (unpaired) electrons. The second kappa shape index (κ2) is 7.17. The lowest BCUT2D eigenvalue weighted by molar-refractivity contribution is 0.0782. The first-order valence-corrected chi connectivity index (χ1v) is 8.76. The number of rotatable bonds is 5. The predicted molar refractivity (Wildman–Crippen MR) is 99.4 cm³/mol. The molecule has 2 aromatic heterocycles. The SMILES string of the molecule is COc1ccc(CN(C)C(=O)c2cnc3scc(C)n3c2=O)cc1OC. The van der Waals surface area contributed by atoms with Gasteiger partial charge in [-0.05, 0) is 24.6 Å². The van der Waals surface area contributed by atoms with Gasteiger partial charge >= 0.3 is 0 Å². The van der Waals surface area contributed by atoms with Gasteiger partial charge in [0.05, 0.1) is 14.2 Å². The van der Waals surface area contributed by atoms with Crippen LogP contribution in [-0.4, -0.2) is 41.5 Å². The van der Waals surface area contributed by atoms with E-state index in [1.807, 2.05) is 18.4 Å². The quantitative estimate of drug-likeness (QED) is 0.686. The number of amides is 1. The van der Waals surface area contributed by atoms with E-state index in [9.17, 15) is 9.59 Å². The molecule has 0 saturated heterocycles. The van der Waals surface area contributed by atoms with Gasteiger partial charge in [-0.3, -0.25) is 14.0 Å². The first kappa shape index (κ1) is 17.9. The third kappa shape index (κ3) is 3.15. The number of hydrogen-bond acceptors (Lipinski definition) is 6. The number of carbonyl (C=O) groups is 1. The van der Waals surface area contributed by atoms with Gasteiger partial charge in [0.15, 0.2) is 16.5 Å². The molecule has 1 amide bonds. The Balaban J connectivity index is 1.88. The number of hydrogen-bond donors (Lipinski definition) is 0. The molecule has 7 nitrogen and oxygen atoms in total. The topological polar surface area (TPSA) is 73.1 Å². The van der Waals surface area contributed by atoms with Gasteiger partial charge in [0.1, 0.15) is 5.56 Å². The van der Waals surface area contributed by atoms with Gasteiger partial charge in [0.25, 0.3) is 11.5 Å². The summed E-state index contributed by atoms with van der Waals surface area (Å²) >= 11 is 1.37. The van der Waals surface area contributed by atoms with Crippen molar-refractivity contribution in [2.24, 2.45) is 0 Å². The molecule has 8 heteroatoms. The van der Waals surface area contributed by atoms with Crippen molar-refractivity contribution >= 4 is 22.2 Å². The van der Waals surface area contributed by atoms with E-state index in [0.29, 0.717) is 23.0 Å². The van der Waals surface area contributed by atoms with Crippen LogP contribution in [0.15, 0.2) is 34.6 Å². The third-order valence-electron chi connectivity index (χ3n) is 4.06. The van der Waals surface area contributed by atoms with Crippen LogP contribution in [0.25, 0.3) is 4.96 Å². The van der Waals surface area contributed by atoms with E-state index in [2.05, 4.69) is 4.98 Å². The Morgan fingerprint density at radius 1 is 1.27 bits per heavy atom. The molecule has 0 saturated carbocycles. The van der Waals surface area contributed by atoms with Gasteiger partial charge in [-0.1, -0.05) is 6.07 Å². The number of ether oxygens (including phenoxy) is 2.